The molecule has 1 fully saturated rings. The normalized spacial score (nSPS) is 18.7. The van der Waals surface area contributed by atoms with Crippen LogP contribution in [0.4, 0.5) is 0 Å². The Morgan fingerprint density at radius 2 is 1.86 bits per heavy atom. The molecule has 1 heterocycles. The van der Waals surface area contributed by atoms with Crippen LogP contribution >= 0.6 is 27.7 Å². The summed E-state index contributed by atoms with van der Waals surface area (Å²) in [5.74, 6) is 1.29. The summed E-state index contributed by atoms with van der Waals surface area (Å²) in [6.07, 6.45) is 0. The third-order valence-electron chi connectivity index (χ3n) is 4.67. The number of hydrogen-bond donors (Lipinski definition) is 2. The van der Waals surface area contributed by atoms with E-state index in [1.807, 2.05) is 48.5 Å². The predicted molar refractivity (Wildman–Crippen MR) is 119 cm³/mol. The molecule has 0 bridgehead atoms. The van der Waals surface area contributed by atoms with Crippen LogP contribution in [0.3, 0.4) is 0 Å². The summed E-state index contributed by atoms with van der Waals surface area (Å²) in [7, 11) is 0. The molecule has 5 nitrogen and oxygen atoms in total. The van der Waals surface area contributed by atoms with Crippen molar-refractivity contribution in [2.75, 3.05) is 19.0 Å². The van der Waals surface area contributed by atoms with Gasteiger partial charge in [-0.2, -0.15) is 0 Å². The second-order valence-electron chi connectivity index (χ2n) is 6.67. The third kappa shape index (κ3) is 4.86. The van der Waals surface area contributed by atoms with E-state index in [0.29, 0.717) is 19.0 Å². The highest BCUT2D eigenvalue weighted by Gasteiger charge is 2.30. The lowest BCUT2D eigenvalue weighted by molar-refractivity contribution is -0.138. The molecule has 1 aliphatic rings. The van der Waals surface area contributed by atoms with Crippen molar-refractivity contribution in [3.8, 4) is 11.5 Å². The van der Waals surface area contributed by atoms with Crippen LogP contribution in [0, 0.1) is 0 Å². The van der Waals surface area contributed by atoms with Crippen molar-refractivity contribution < 1.29 is 19.4 Å². The largest absolute Gasteiger partial charge is 0.490 e. The number of fused-ring (bicyclic) bond motifs is 1. The van der Waals surface area contributed by atoms with Crippen LogP contribution in [0.25, 0.3) is 10.8 Å². The van der Waals surface area contributed by atoms with Crippen molar-refractivity contribution in [2.45, 2.75) is 11.4 Å². The maximum Gasteiger partial charge on any atom is 0.321 e. The molecule has 2 N–H and O–H groups in total. The Bertz CT molecular complexity index is 1030. The summed E-state index contributed by atoms with van der Waals surface area (Å²) in [5, 5.41) is 14.5. The van der Waals surface area contributed by atoms with Gasteiger partial charge in [-0.15, -0.1) is 11.8 Å². The maximum atomic E-state index is 11.1. The van der Waals surface area contributed by atoms with Crippen molar-refractivity contribution in [1.82, 2.24) is 5.32 Å². The summed E-state index contributed by atoms with van der Waals surface area (Å²) in [5.41, 5.74) is 1.02. The molecule has 29 heavy (non-hydrogen) atoms. The van der Waals surface area contributed by atoms with E-state index < -0.39 is 12.0 Å². The summed E-state index contributed by atoms with van der Waals surface area (Å²) in [6.45, 7) is 0.856. The molecule has 0 aromatic heterocycles. The molecular formula is C22H20BrNO4S. The van der Waals surface area contributed by atoms with Gasteiger partial charge in [-0.1, -0.05) is 36.4 Å². The highest BCUT2D eigenvalue weighted by Crippen LogP contribution is 2.36. The maximum absolute atomic E-state index is 11.1. The molecule has 150 valence electrons. The van der Waals surface area contributed by atoms with E-state index in [4.69, 9.17) is 14.6 Å². The molecule has 2 atom stereocenters. The molecule has 0 saturated carbocycles. The molecule has 7 heteroatoms. The van der Waals surface area contributed by atoms with Gasteiger partial charge in [0.1, 0.15) is 30.8 Å². The van der Waals surface area contributed by atoms with Crippen molar-refractivity contribution in [3.05, 3.63) is 70.7 Å². The fourth-order valence-corrected chi connectivity index (χ4v) is 4.91. The first-order chi connectivity index (χ1) is 14.1. The molecule has 0 aliphatic carbocycles. The van der Waals surface area contributed by atoms with Gasteiger partial charge in [-0.25, -0.2) is 0 Å². The Kier molecular flexibility index (Phi) is 6.28. The number of aliphatic carboxylic acids is 1. The zero-order valence-electron chi connectivity index (χ0n) is 15.5. The van der Waals surface area contributed by atoms with Crippen LogP contribution in [0.5, 0.6) is 11.5 Å². The smallest absolute Gasteiger partial charge is 0.321 e. The van der Waals surface area contributed by atoms with Crippen LogP contribution in [0.1, 0.15) is 10.9 Å². The molecule has 3 aromatic rings. The second kappa shape index (κ2) is 9.07. The average Bonchev–Trinajstić information content (AvgIpc) is 3.23. The number of ether oxygens (including phenoxy) is 2. The average molecular weight is 474 g/mol. The summed E-state index contributed by atoms with van der Waals surface area (Å²) >= 11 is 5.14. The van der Waals surface area contributed by atoms with Gasteiger partial charge in [-0.3, -0.25) is 10.1 Å². The van der Waals surface area contributed by atoms with Crippen LogP contribution < -0.4 is 14.8 Å². The highest BCUT2D eigenvalue weighted by molar-refractivity contribution is 9.10. The molecular weight excluding hydrogens is 454 g/mol. The topological polar surface area (TPSA) is 67.8 Å². The number of benzene rings is 3. The number of carboxylic acid groups (broad SMARTS) is 1. The van der Waals surface area contributed by atoms with E-state index in [-0.39, 0.29) is 5.37 Å². The lowest BCUT2D eigenvalue weighted by Crippen LogP contribution is -2.33. The van der Waals surface area contributed by atoms with E-state index in [9.17, 15) is 4.79 Å². The van der Waals surface area contributed by atoms with Crippen molar-refractivity contribution in [1.29, 1.82) is 0 Å². The zero-order chi connectivity index (χ0) is 20.2. The lowest BCUT2D eigenvalue weighted by atomic mass is 10.1. The van der Waals surface area contributed by atoms with E-state index in [1.165, 1.54) is 5.39 Å². The van der Waals surface area contributed by atoms with E-state index in [2.05, 4.69) is 33.4 Å². The molecule has 0 radical (unpaired) electrons. The molecule has 0 amide bonds. The van der Waals surface area contributed by atoms with E-state index in [1.54, 1.807) is 11.8 Å². The van der Waals surface area contributed by atoms with Crippen LogP contribution in [0.15, 0.2) is 65.1 Å². The minimum absolute atomic E-state index is 0.0299. The molecule has 1 aliphatic heterocycles. The van der Waals surface area contributed by atoms with Gasteiger partial charge in [0, 0.05) is 5.75 Å². The minimum atomic E-state index is -0.814. The number of rotatable bonds is 7. The number of halogens is 1. The number of hydrogen-bond acceptors (Lipinski definition) is 5. The van der Waals surface area contributed by atoms with Gasteiger partial charge in [0.15, 0.2) is 0 Å². The van der Waals surface area contributed by atoms with Gasteiger partial charge in [0.05, 0.1) is 9.85 Å². The van der Waals surface area contributed by atoms with Gasteiger partial charge < -0.3 is 14.6 Å². The first kappa shape index (κ1) is 20.1. The minimum Gasteiger partial charge on any atom is -0.490 e. The van der Waals surface area contributed by atoms with Gasteiger partial charge in [0.25, 0.3) is 0 Å². The van der Waals surface area contributed by atoms with Gasteiger partial charge in [0.2, 0.25) is 0 Å². The number of carboxylic acids is 1. The Morgan fingerprint density at radius 1 is 1.07 bits per heavy atom. The van der Waals surface area contributed by atoms with Crippen LogP contribution in [-0.4, -0.2) is 36.1 Å². The Labute approximate surface area is 181 Å². The first-order valence-electron chi connectivity index (χ1n) is 9.24. The fourth-order valence-electron chi connectivity index (χ4n) is 3.17. The molecule has 3 aromatic carbocycles. The number of nitrogens with one attached hydrogen (secondary N) is 1. The lowest BCUT2D eigenvalue weighted by Gasteiger charge is -2.14. The van der Waals surface area contributed by atoms with Gasteiger partial charge in [-0.05, 0) is 56.5 Å². The number of thioether (sulfide) groups is 1. The Hall–Kier alpha value is -2.22. The van der Waals surface area contributed by atoms with Gasteiger partial charge >= 0.3 is 5.97 Å². The van der Waals surface area contributed by atoms with Crippen LogP contribution in [0.2, 0.25) is 0 Å². The standard InChI is InChI=1S/C22H20BrNO4S/c23-18-12-16(21-24-19(13-29-21)22(25)26)6-8-20(18)28-10-9-27-17-7-5-14-3-1-2-4-15(14)11-17/h1-8,11-12,19,21,24H,9-10,13H2,(H,25,26). The second-order valence-corrected chi connectivity index (χ2v) is 8.66. The summed E-state index contributed by atoms with van der Waals surface area (Å²) < 4.78 is 12.5. The number of carbonyl (C=O) groups is 1. The Balaban J connectivity index is 1.30. The van der Waals surface area contributed by atoms with Crippen LogP contribution in [-0.2, 0) is 4.79 Å². The predicted octanol–water partition coefficient (Wildman–Crippen LogP) is 4.85. The summed E-state index contributed by atoms with van der Waals surface area (Å²) in [6, 6.07) is 19.5. The highest BCUT2D eigenvalue weighted by atomic mass is 79.9. The van der Waals surface area contributed by atoms with E-state index >= 15 is 0 Å². The first-order valence-corrected chi connectivity index (χ1v) is 11.1. The van der Waals surface area contributed by atoms with Crippen molar-refractivity contribution in [2.24, 2.45) is 0 Å². The van der Waals surface area contributed by atoms with E-state index in [0.717, 1.165) is 26.9 Å². The molecule has 0 spiro atoms. The monoisotopic (exact) mass is 473 g/mol. The quantitative estimate of drug-likeness (QED) is 0.478. The van der Waals surface area contributed by atoms with Crippen molar-refractivity contribution in [3.63, 3.8) is 0 Å². The van der Waals surface area contributed by atoms with Crippen molar-refractivity contribution >= 4 is 44.4 Å². The molecule has 1 saturated heterocycles. The fraction of sp³-hybridized carbons (Fsp3) is 0.227. The third-order valence-corrected chi connectivity index (χ3v) is 6.56. The zero-order valence-corrected chi connectivity index (χ0v) is 17.9. The SMILES string of the molecule is O=C(O)C1CSC(c2ccc(OCCOc3ccc4ccccc4c3)c(Br)c2)N1. The Morgan fingerprint density at radius 3 is 2.62 bits per heavy atom. The molecule has 2 unspecified atom stereocenters. The molecule has 4 rings (SSSR count). The summed E-state index contributed by atoms with van der Waals surface area (Å²) in [4.78, 5) is 11.1.